The Balaban J connectivity index is 1.26. The number of anilines is 8. The Kier molecular flexibility index (Phi) is 11.3. The lowest BCUT2D eigenvalue weighted by molar-refractivity contribution is 0.332. The van der Waals surface area contributed by atoms with Crippen molar-refractivity contribution in [1.82, 2.24) is 0 Å². The fourth-order valence-electron chi connectivity index (χ4n) is 9.42. The molecule has 0 amide bonds. The van der Waals surface area contributed by atoms with Crippen molar-refractivity contribution in [3.63, 3.8) is 0 Å². The number of benzene rings is 8. The standard InChI is InChI=1S/C60H60N4/c1-58(2,3)45-38-53(43-22-12-8-13-23-43)57(54(39-45)44-24-14-9-15-25-44)63(50-34-35-55-56(42-50)60(6,7)37-36-59(55,4)5)49-31-21-33-52(41-49)64(61)51-32-20-30-48(40-51)62(46-26-16-10-17-27-46)47-28-18-11-19-29-47/h8-35,38-42H,36-37,61H2,1-7H3. The molecular weight excluding hydrogens is 777 g/mol. The van der Waals surface area contributed by atoms with Gasteiger partial charge in [-0.2, -0.15) is 0 Å². The van der Waals surface area contributed by atoms with Crippen LogP contribution < -0.4 is 20.7 Å². The van der Waals surface area contributed by atoms with Crippen LogP contribution >= 0.6 is 0 Å². The van der Waals surface area contributed by atoms with Gasteiger partial charge in [0.15, 0.2) is 0 Å². The Hall–Kier alpha value is -6.88. The van der Waals surface area contributed by atoms with E-state index in [4.69, 9.17) is 5.84 Å². The maximum Gasteiger partial charge on any atom is 0.0618 e. The largest absolute Gasteiger partial charge is 0.310 e. The minimum Gasteiger partial charge on any atom is -0.310 e. The molecule has 1 aliphatic carbocycles. The second kappa shape index (κ2) is 17.0. The third-order valence-electron chi connectivity index (χ3n) is 13.2. The molecular formula is C60H60N4. The predicted octanol–water partition coefficient (Wildman–Crippen LogP) is 16.6. The fourth-order valence-corrected chi connectivity index (χ4v) is 9.42. The first kappa shape index (κ1) is 42.4. The Labute approximate surface area is 381 Å². The number of hydrogen-bond acceptors (Lipinski definition) is 4. The normalized spacial score (nSPS) is 14.1. The van der Waals surface area contributed by atoms with Crippen molar-refractivity contribution in [3.05, 3.63) is 217 Å². The quantitative estimate of drug-likeness (QED) is 0.110. The number of fused-ring (bicyclic) bond motifs is 1. The summed E-state index contributed by atoms with van der Waals surface area (Å²) in [7, 11) is 0. The van der Waals surface area contributed by atoms with Crippen molar-refractivity contribution in [2.45, 2.75) is 77.6 Å². The second-order valence-corrected chi connectivity index (χ2v) is 19.7. The number of rotatable bonds is 10. The monoisotopic (exact) mass is 836 g/mol. The minimum absolute atomic E-state index is 0.0153. The highest BCUT2D eigenvalue weighted by Crippen LogP contribution is 2.52. The van der Waals surface area contributed by atoms with E-state index in [0.29, 0.717) is 0 Å². The lowest BCUT2D eigenvalue weighted by Gasteiger charge is -2.42. The Morgan fingerprint density at radius 3 is 1.25 bits per heavy atom. The van der Waals surface area contributed by atoms with Crippen molar-refractivity contribution in [2.24, 2.45) is 5.84 Å². The van der Waals surface area contributed by atoms with Crippen molar-refractivity contribution in [3.8, 4) is 22.3 Å². The van der Waals surface area contributed by atoms with Crippen LogP contribution in [0.5, 0.6) is 0 Å². The van der Waals surface area contributed by atoms with E-state index >= 15 is 0 Å². The molecule has 0 saturated heterocycles. The van der Waals surface area contributed by atoms with Crippen LogP contribution in [0.4, 0.5) is 45.5 Å². The maximum absolute atomic E-state index is 7.27. The Morgan fingerprint density at radius 1 is 0.391 bits per heavy atom. The summed E-state index contributed by atoms with van der Waals surface area (Å²) in [5, 5.41) is 1.82. The van der Waals surface area contributed by atoms with Crippen LogP contribution in [0.1, 0.15) is 78.0 Å². The van der Waals surface area contributed by atoms with Gasteiger partial charge in [-0.25, -0.2) is 5.84 Å². The summed E-state index contributed by atoms with van der Waals surface area (Å²) < 4.78 is 0. The van der Waals surface area contributed by atoms with Crippen molar-refractivity contribution >= 4 is 45.5 Å². The van der Waals surface area contributed by atoms with Gasteiger partial charge in [-0.3, -0.25) is 5.01 Å². The van der Waals surface area contributed by atoms with Gasteiger partial charge in [0.2, 0.25) is 0 Å². The number of nitrogens with two attached hydrogens (primary N) is 1. The van der Waals surface area contributed by atoms with Gasteiger partial charge in [-0.1, -0.05) is 164 Å². The smallest absolute Gasteiger partial charge is 0.0618 e. The zero-order valence-electron chi connectivity index (χ0n) is 38.4. The SMILES string of the molecule is CC(C)(C)c1cc(-c2ccccc2)c(N(c2cccc(N(N)c3cccc(N(c4ccccc4)c4ccccc4)c3)c2)c2ccc3c(c2)C(C)(C)CCC3(C)C)c(-c2ccccc2)c1. The predicted molar refractivity (Wildman–Crippen MR) is 273 cm³/mol. The molecule has 8 aromatic carbocycles. The van der Waals surface area contributed by atoms with E-state index in [1.165, 1.54) is 38.9 Å². The van der Waals surface area contributed by atoms with Crippen LogP contribution in [-0.2, 0) is 16.2 Å². The molecule has 1 aliphatic rings. The number of nitrogens with zero attached hydrogens (tertiary/aromatic N) is 3. The van der Waals surface area contributed by atoms with Crippen LogP contribution in [-0.4, -0.2) is 0 Å². The van der Waals surface area contributed by atoms with Gasteiger partial charge < -0.3 is 9.80 Å². The van der Waals surface area contributed by atoms with Gasteiger partial charge in [-0.05, 0) is 142 Å². The molecule has 0 radical (unpaired) electrons. The lowest BCUT2D eigenvalue weighted by atomic mass is 9.63. The van der Waals surface area contributed by atoms with Gasteiger partial charge in [-0.15, -0.1) is 0 Å². The molecule has 0 aliphatic heterocycles. The summed E-state index contributed by atoms with van der Waals surface area (Å²) in [5.74, 6) is 7.27. The van der Waals surface area contributed by atoms with Crippen molar-refractivity contribution in [2.75, 3.05) is 14.8 Å². The van der Waals surface area contributed by atoms with Gasteiger partial charge in [0.1, 0.15) is 0 Å². The summed E-state index contributed by atoms with van der Waals surface area (Å²) in [6, 6.07) is 72.1. The first-order chi connectivity index (χ1) is 30.8. The average molecular weight is 837 g/mol. The zero-order chi connectivity index (χ0) is 44.6. The third-order valence-corrected chi connectivity index (χ3v) is 13.2. The van der Waals surface area contributed by atoms with Gasteiger partial charge in [0.25, 0.3) is 0 Å². The molecule has 4 nitrogen and oxygen atoms in total. The summed E-state index contributed by atoms with van der Waals surface area (Å²) in [4.78, 5) is 4.77. The second-order valence-electron chi connectivity index (χ2n) is 19.7. The first-order valence-electron chi connectivity index (χ1n) is 22.7. The molecule has 8 aromatic rings. The van der Waals surface area contributed by atoms with Gasteiger partial charge in [0.05, 0.1) is 17.1 Å². The Morgan fingerprint density at radius 2 is 0.781 bits per heavy atom. The van der Waals surface area contributed by atoms with Crippen LogP contribution in [0.2, 0.25) is 0 Å². The van der Waals surface area contributed by atoms with E-state index in [9.17, 15) is 0 Å². The highest BCUT2D eigenvalue weighted by atomic mass is 15.4. The molecule has 0 spiro atoms. The molecule has 0 atom stereocenters. The van der Waals surface area contributed by atoms with Crippen LogP contribution in [0.3, 0.4) is 0 Å². The summed E-state index contributed by atoms with van der Waals surface area (Å²) in [5.41, 5.74) is 17.0. The average Bonchev–Trinajstić information content (AvgIpc) is 3.31. The van der Waals surface area contributed by atoms with E-state index in [2.05, 4.69) is 258 Å². The van der Waals surface area contributed by atoms with E-state index in [-0.39, 0.29) is 16.2 Å². The number of para-hydroxylation sites is 2. The molecule has 0 unspecified atom stereocenters. The van der Waals surface area contributed by atoms with Crippen LogP contribution in [0.25, 0.3) is 22.3 Å². The topological polar surface area (TPSA) is 35.7 Å². The molecule has 0 aromatic heterocycles. The molecule has 0 bridgehead atoms. The van der Waals surface area contributed by atoms with Gasteiger partial charge in [0, 0.05) is 39.6 Å². The molecule has 4 heteroatoms. The van der Waals surface area contributed by atoms with Gasteiger partial charge >= 0.3 is 0 Å². The molecule has 0 fully saturated rings. The highest BCUT2D eigenvalue weighted by Gasteiger charge is 2.38. The summed E-state index contributed by atoms with van der Waals surface area (Å²) >= 11 is 0. The molecule has 0 heterocycles. The number of hydrogen-bond donors (Lipinski definition) is 1. The Bertz CT molecular complexity index is 2780. The molecule has 9 rings (SSSR count). The summed E-state index contributed by atoms with van der Waals surface area (Å²) in [6.07, 6.45) is 2.29. The molecule has 320 valence electrons. The van der Waals surface area contributed by atoms with Crippen molar-refractivity contribution < 1.29 is 0 Å². The van der Waals surface area contributed by atoms with E-state index in [1.54, 1.807) is 0 Å². The van der Waals surface area contributed by atoms with E-state index in [0.717, 1.165) is 58.3 Å². The lowest BCUT2D eigenvalue weighted by Crippen LogP contribution is -2.34. The minimum atomic E-state index is -0.0943. The molecule has 0 saturated carbocycles. The first-order valence-corrected chi connectivity index (χ1v) is 22.7. The molecule has 2 N–H and O–H groups in total. The fraction of sp³-hybridized carbons (Fsp3) is 0.200. The van der Waals surface area contributed by atoms with Crippen LogP contribution in [0.15, 0.2) is 200 Å². The molecule has 64 heavy (non-hydrogen) atoms. The van der Waals surface area contributed by atoms with Crippen molar-refractivity contribution in [1.29, 1.82) is 0 Å². The van der Waals surface area contributed by atoms with Crippen LogP contribution in [0, 0.1) is 0 Å². The number of hydrazine groups is 1. The third kappa shape index (κ3) is 8.34. The summed E-state index contributed by atoms with van der Waals surface area (Å²) in [6.45, 7) is 16.6. The highest BCUT2D eigenvalue weighted by molar-refractivity contribution is 5.99. The van der Waals surface area contributed by atoms with E-state index in [1.807, 2.05) is 5.01 Å². The maximum atomic E-state index is 7.27. The van der Waals surface area contributed by atoms with E-state index < -0.39 is 0 Å². The zero-order valence-corrected chi connectivity index (χ0v) is 38.4.